The molecule has 1 fully saturated rings. The standard InChI is InChI=1S/C16H21N3/c1-2-6-12(7-3-1)15-16-13(9-10-17-15)18-14-8-4-5-11-19(14)16/h4-5,8,11-12,15,17H,1-3,6-7,9-10H2. The summed E-state index contributed by atoms with van der Waals surface area (Å²) in [7, 11) is 0. The second kappa shape index (κ2) is 4.64. The maximum Gasteiger partial charge on any atom is 0.137 e. The molecular weight excluding hydrogens is 234 g/mol. The lowest BCUT2D eigenvalue weighted by molar-refractivity contribution is 0.259. The fraction of sp³-hybridized carbons (Fsp3) is 0.562. The van der Waals surface area contributed by atoms with Crippen LogP contribution in [-0.4, -0.2) is 15.9 Å². The number of hydrogen-bond donors (Lipinski definition) is 1. The molecule has 0 radical (unpaired) electrons. The normalized spacial score (nSPS) is 24.5. The van der Waals surface area contributed by atoms with Gasteiger partial charge in [0.1, 0.15) is 5.65 Å². The van der Waals surface area contributed by atoms with Crippen LogP contribution in [0, 0.1) is 5.92 Å². The summed E-state index contributed by atoms with van der Waals surface area (Å²) < 4.78 is 2.31. The van der Waals surface area contributed by atoms with Gasteiger partial charge in [-0.25, -0.2) is 4.98 Å². The lowest BCUT2D eigenvalue weighted by Gasteiger charge is -2.33. The molecule has 2 aromatic heterocycles. The molecular formula is C16H21N3. The predicted octanol–water partition coefficient (Wildman–Crippen LogP) is 3.10. The van der Waals surface area contributed by atoms with Gasteiger partial charge in [-0.1, -0.05) is 25.3 Å². The molecule has 1 unspecified atom stereocenters. The summed E-state index contributed by atoms with van der Waals surface area (Å²) >= 11 is 0. The van der Waals surface area contributed by atoms with Crippen LogP contribution in [-0.2, 0) is 6.42 Å². The molecule has 0 bridgehead atoms. The van der Waals surface area contributed by atoms with Crippen LogP contribution in [0.3, 0.4) is 0 Å². The van der Waals surface area contributed by atoms with Gasteiger partial charge in [0.05, 0.1) is 17.4 Å². The Morgan fingerprint density at radius 1 is 1.16 bits per heavy atom. The van der Waals surface area contributed by atoms with Gasteiger partial charge in [0.2, 0.25) is 0 Å². The van der Waals surface area contributed by atoms with Crippen molar-refractivity contribution in [2.24, 2.45) is 5.92 Å². The van der Waals surface area contributed by atoms with Crippen LogP contribution in [0.5, 0.6) is 0 Å². The van der Waals surface area contributed by atoms with Crippen molar-refractivity contribution in [3.8, 4) is 0 Å². The monoisotopic (exact) mass is 255 g/mol. The van der Waals surface area contributed by atoms with Gasteiger partial charge in [-0.3, -0.25) is 0 Å². The van der Waals surface area contributed by atoms with E-state index in [1.807, 2.05) is 0 Å². The first-order valence-electron chi connectivity index (χ1n) is 7.63. The van der Waals surface area contributed by atoms with E-state index in [0.717, 1.165) is 24.5 Å². The van der Waals surface area contributed by atoms with E-state index in [0.29, 0.717) is 6.04 Å². The Hall–Kier alpha value is -1.35. The van der Waals surface area contributed by atoms with E-state index in [4.69, 9.17) is 4.98 Å². The van der Waals surface area contributed by atoms with Crippen molar-refractivity contribution in [2.45, 2.75) is 44.6 Å². The van der Waals surface area contributed by atoms with Gasteiger partial charge in [0.15, 0.2) is 0 Å². The summed E-state index contributed by atoms with van der Waals surface area (Å²) in [5.74, 6) is 0.799. The van der Waals surface area contributed by atoms with Gasteiger partial charge in [-0.05, 0) is 30.9 Å². The minimum absolute atomic E-state index is 0.515. The minimum Gasteiger partial charge on any atom is -0.308 e. The number of aromatic nitrogens is 2. The number of fused-ring (bicyclic) bond motifs is 3. The van der Waals surface area contributed by atoms with Gasteiger partial charge in [0, 0.05) is 19.2 Å². The Balaban J connectivity index is 1.80. The van der Waals surface area contributed by atoms with E-state index < -0.39 is 0 Å². The highest BCUT2D eigenvalue weighted by atomic mass is 15.1. The van der Waals surface area contributed by atoms with Gasteiger partial charge < -0.3 is 9.72 Å². The van der Waals surface area contributed by atoms with Crippen LogP contribution in [0.2, 0.25) is 0 Å². The molecule has 4 rings (SSSR count). The molecule has 19 heavy (non-hydrogen) atoms. The van der Waals surface area contributed by atoms with Crippen LogP contribution in [0.15, 0.2) is 24.4 Å². The molecule has 1 saturated carbocycles. The summed E-state index contributed by atoms with van der Waals surface area (Å²) in [6, 6.07) is 6.83. The number of nitrogens with zero attached hydrogens (tertiary/aromatic N) is 2. The summed E-state index contributed by atoms with van der Waals surface area (Å²) in [6.07, 6.45) is 10.2. The lowest BCUT2D eigenvalue weighted by Crippen LogP contribution is -2.36. The fourth-order valence-corrected chi connectivity index (χ4v) is 3.88. The topological polar surface area (TPSA) is 29.3 Å². The largest absolute Gasteiger partial charge is 0.308 e. The van der Waals surface area contributed by atoms with E-state index in [-0.39, 0.29) is 0 Å². The second-order valence-electron chi connectivity index (χ2n) is 5.95. The maximum atomic E-state index is 4.82. The number of nitrogens with one attached hydrogen (secondary N) is 1. The van der Waals surface area contributed by atoms with Crippen molar-refractivity contribution < 1.29 is 0 Å². The first-order valence-corrected chi connectivity index (χ1v) is 7.63. The molecule has 1 aliphatic carbocycles. The van der Waals surface area contributed by atoms with Crippen molar-refractivity contribution in [1.29, 1.82) is 0 Å². The average Bonchev–Trinajstić information content (AvgIpc) is 2.86. The molecule has 3 heterocycles. The molecule has 0 amide bonds. The molecule has 1 N–H and O–H groups in total. The summed E-state index contributed by atoms with van der Waals surface area (Å²) in [6.45, 7) is 1.08. The number of rotatable bonds is 1. The maximum absolute atomic E-state index is 4.82. The van der Waals surface area contributed by atoms with Crippen LogP contribution < -0.4 is 5.32 Å². The zero-order valence-electron chi connectivity index (χ0n) is 11.3. The minimum atomic E-state index is 0.515. The molecule has 0 saturated heterocycles. The Morgan fingerprint density at radius 3 is 2.95 bits per heavy atom. The molecule has 1 aliphatic heterocycles. The van der Waals surface area contributed by atoms with E-state index in [9.17, 15) is 0 Å². The van der Waals surface area contributed by atoms with E-state index in [1.54, 1.807) is 0 Å². The molecule has 0 spiro atoms. The van der Waals surface area contributed by atoms with Crippen molar-refractivity contribution in [3.05, 3.63) is 35.8 Å². The van der Waals surface area contributed by atoms with Crippen molar-refractivity contribution in [1.82, 2.24) is 14.7 Å². The van der Waals surface area contributed by atoms with Crippen LogP contribution >= 0.6 is 0 Å². The van der Waals surface area contributed by atoms with Gasteiger partial charge in [0.25, 0.3) is 0 Å². The number of hydrogen-bond acceptors (Lipinski definition) is 2. The summed E-state index contributed by atoms with van der Waals surface area (Å²) in [4.78, 5) is 4.82. The third-order valence-corrected chi connectivity index (χ3v) is 4.78. The molecule has 2 aliphatic rings. The summed E-state index contributed by atoms with van der Waals surface area (Å²) in [5.41, 5.74) is 3.87. The Bertz CT molecular complexity index is 581. The van der Waals surface area contributed by atoms with Crippen LogP contribution in [0.25, 0.3) is 5.65 Å². The van der Waals surface area contributed by atoms with Crippen molar-refractivity contribution in [2.75, 3.05) is 6.54 Å². The third kappa shape index (κ3) is 1.88. The predicted molar refractivity (Wildman–Crippen MR) is 76.2 cm³/mol. The molecule has 3 heteroatoms. The second-order valence-corrected chi connectivity index (χ2v) is 5.95. The highest BCUT2D eigenvalue weighted by molar-refractivity contribution is 5.45. The zero-order valence-corrected chi connectivity index (χ0v) is 11.3. The molecule has 0 aromatic carbocycles. The van der Waals surface area contributed by atoms with Crippen LogP contribution in [0.1, 0.15) is 49.5 Å². The third-order valence-electron chi connectivity index (χ3n) is 4.78. The molecule has 2 aromatic rings. The Labute approximate surface area is 114 Å². The summed E-state index contributed by atoms with van der Waals surface area (Å²) in [5, 5.41) is 3.76. The SMILES string of the molecule is c1ccn2c3c(nc2c1)CCNC3C1CCCCC1. The van der Waals surface area contributed by atoms with Crippen LogP contribution in [0.4, 0.5) is 0 Å². The Kier molecular flexibility index (Phi) is 2.80. The van der Waals surface area contributed by atoms with E-state index >= 15 is 0 Å². The number of pyridine rings is 1. The first kappa shape index (κ1) is 11.5. The van der Waals surface area contributed by atoms with Gasteiger partial charge >= 0.3 is 0 Å². The smallest absolute Gasteiger partial charge is 0.137 e. The van der Waals surface area contributed by atoms with E-state index in [1.165, 1.54) is 43.5 Å². The van der Waals surface area contributed by atoms with E-state index in [2.05, 4.69) is 34.1 Å². The Morgan fingerprint density at radius 2 is 2.05 bits per heavy atom. The first-order chi connectivity index (χ1) is 9.43. The van der Waals surface area contributed by atoms with Gasteiger partial charge in [-0.2, -0.15) is 0 Å². The van der Waals surface area contributed by atoms with Gasteiger partial charge in [-0.15, -0.1) is 0 Å². The highest BCUT2D eigenvalue weighted by Crippen LogP contribution is 2.37. The molecule has 1 atom stereocenters. The van der Waals surface area contributed by atoms with Crippen molar-refractivity contribution >= 4 is 5.65 Å². The van der Waals surface area contributed by atoms with Crippen molar-refractivity contribution in [3.63, 3.8) is 0 Å². The highest BCUT2D eigenvalue weighted by Gasteiger charge is 2.31. The molecule has 3 nitrogen and oxygen atoms in total. The fourth-order valence-electron chi connectivity index (χ4n) is 3.88. The quantitative estimate of drug-likeness (QED) is 0.848. The average molecular weight is 255 g/mol. The number of imidazole rings is 1. The molecule has 100 valence electrons. The lowest BCUT2D eigenvalue weighted by atomic mass is 9.81. The zero-order chi connectivity index (χ0) is 12.7.